The molecule has 7 rings (SSSR count). The van der Waals surface area contributed by atoms with Gasteiger partial charge in [-0.3, -0.25) is 9.78 Å². The standard InChI is InChI=1S/C33H27F5N4O3S/c34-23-2-7-25(8-3-23)41-30-14-21-1-6-26(42(27-18-45-19-27)46(44)28-9-4-24(35)5-10-28)16-32(21,15-20(30)17-40-41)31(43)29-13-22(11-12-39-29)33(36,37)38/h2-5,7-14,17,26-27H,1,6,15-16,18-19H2. The van der Waals surface area contributed by atoms with Crippen molar-refractivity contribution in [2.75, 3.05) is 13.2 Å². The maximum absolute atomic E-state index is 14.6. The minimum atomic E-state index is -4.67. The van der Waals surface area contributed by atoms with E-state index in [1.165, 1.54) is 36.4 Å². The van der Waals surface area contributed by atoms with Gasteiger partial charge in [-0.15, -0.1) is 0 Å². The maximum atomic E-state index is 14.6. The fourth-order valence-corrected chi connectivity index (χ4v) is 8.13. The molecular weight excluding hydrogens is 627 g/mol. The molecule has 7 nitrogen and oxygen atoms in total. The molecule has 1 saturated heterocycles. The number of hydrogen-bond acceptors (Lipinski definition) is 5. The average molecular weight is 655 g/mol. The Hall–Kier alpha value is -4.07. The van der Waals surface area contributed by atoms with Gasteiger partial charge in [0.1, 0.15) is 28.3 Å². The van der Waals surface area contributed by atoms with Gasteiger partial charge in [0.25, 0.3) is 0 Å². The van der Waals surface area contributed by atoms with Crippen LogP contribution in [0, 0.1) is 17.0 Å². The molecule has 0 spiro atoms. The number of benzene rings is 2. The van der Waals surface area contributed by atoms with E-state index in [9.17, 15) is 31.0 Å². The molecule has 13 heteroatoms. The van der Waals surface area contributed by atoms with Crippen molar-refractivity contribution < 1.29 is 35.7 Å². The summed E-state index contributed by atoms with van der Waals surface area (Å²) in [6, 6.07) is 12.1. The number of nitrogens with zero attached hydrogens (tertiary/aromatic N) is 4. The summed E-state index contributed by atoms with van der Waals surface area (Å²) in [4.78, 5) is 19.0. The SMILES string of the molecule is O=C(c1cc(C(F)(F)F)ccn1)C12Cc3cnn(-c4ccc(F)cc4)c3C=C1CCC(N(C1COC1)S(=O)c1ccc(F)cc1)C2. The molecule has 2 aliphatic carbocycles. The van der Waals surface area contributed by atoms with Crippen molar-refractivity contribution in [3.63, 3.8) is 0 Å². The van der Waals surface area contributed by atoms with E-state index in [1.807, 2.05) is 6.08 Å². The zero-order valence-corrected chi connectivity index (χ0v) is 25.0. The van der Waals surface area contributed by atoms with Crippen LogP contribution in [0.2, 0.25) is 0 Å². The molecule has 3 atom stereocenters. The second-order valence-electron chi connectivity index (χ2n) is 11.8. The van der Waals surface area contributed by atoms with E-state index in [2.05, 4.69) is 10.1 Å². The molecule has 1 saturated carbocycles. The van der Waals surface area contributed by atoms with Gasteiger partial charge in [0.15, 0.2) is 5.78 Å². The summed E-state index contributed by atoms with van der Waals surface area (Å²) < 4.78 is 91.4. The summed E-state index contributed by atoms with van der Waals surface area (Å²) in [5.41, 5.74) is 0.103. The summed E-state index contributed by atoms with van der Waals surface area (Å²) in [7, 11) is -1.73. The molecule has 0 bridgehead atoms. The van der Waals surface area contributed by atoms with E-state index in [1.54, 1.807) is 27.3 Å². The third-order valence-corrected chi connectivity index (χ3v) is 10.7. The summed E-state index contributed by atoms with van der Waals surface area (Å²) in [5.74, 6) is -1.43. The first kappa shape index (κ1) is 30.6. The monoisotopic (exact) mass is 654 g/mol. The van der Waals surface area contributed by atoms with Gasteiger partial charge in [-0.25, -0.2) is 22.0 Å². The molecule has 3 unspecified atom stereocenters. The van der Waals surface area contributed by atoms with E-state index in [-0.39, 0.29) is 24.6 Å². The Kier molecular flexibility index (Phi) is 7.73. The van der Waals surface area contributed by atoms with Gasteiger partial charge in [-0.1, -0.05) is 5.57 Å². The molecule has 238 valence electrons. The number of halogens is 5. The highest BCUT2D eigenvalue weighted by atomic mass is 32.2. The van der Waals surface area contributed by atoms with Crippen LogP contribution in [0.5, 0.6) is 0 Å². The van der Waals surface area contributed by atoms with Crippen molar-refractivity contribution in [2.45, 2.75) is 48.8 Å². The van der Waals surface area contributed by atoms with Crippen molar-refractivity contribution in [1.29, 1.82) is 0 Å². The van der Waals surface area contributed by atoms with Crippen LogP contribution in [0.3, 0.4) is 0 Å². The predicted molar refractivity (Wildman–Crippen MR) is 158 cm³/mol. The lowest BCUT2D eigenvalue weighted by molar-refractivity contribution is -0.137. The third kappa shape index (κ3) is 5.39. The number of fused-ring (bicyclic) bond motifs is 2. The fraction of sp³-hybridized carbons (Fsp3) is 0.303. The number of rotatable bonds is 7. The summed E-state index contributed by atoms with van der Waals surface area (Å²) in [5, 5.41) is 4.51. The molecule has 0 amide bonds. The lowest BCUT2D eigenvalue weighted by atomic mass is 9.60. The predicted octanol–water partition coefficient (Wildman–Crippen LogP) is 6.35. The highest BCUT2D eigenvalue weighted by molar-refractivity contribution is 7.82. The number of ether oxygens (including phenoxy) is 1. The van der Waals surface area contributed by atoms with Crippen LogP contribution >= 0.6 is 0 Å². The van der Waals surface area contributed by atoms with Gasteiger partial charge in [0, 0.05) is 12.2 Å². The van der Waals surface area contributed by atoms with Crippen LogP contribution < -0.4 is 0 Å². The molecule has 1 aliphatic heterocycles. The van der Waals surface area contributed by atoms with Crippen molar-refractivity contribution in [2.24, 2.45) is 5.41 Å². The van der Waals surface area contributed by atoms with Crippen molar-refractivity contribution in [3.8, 4) is 5.69 Å². The van der Waals surface area contributed by atoms with E-state index < -0.39 is 51.6 Å². The van der Waals surface area contributed by atoms with Crippen molar-refractivity contribution in [1.82, 2.24) is 19.1 Å². The van der Waals surface area contributed by atoms with Gasteiger partial charge in [0.2, 0.25) is 0 Å². The van der Waals surface area contributed by atoms with E-state index in [4.69, 9.17) is 4.74 Å². The second-order valence-corrected chi connectivity index (χ2v) is 13.2. The van der Waals surface area contributed by atoms with Crippen molar-refractivity contribution >= 4 is 22.8 Å². The molecule has 0 radical (unpaired) electrons. The highest BCUT2D eigenvalue weighted by Gasteiger charge is 2.52. The van der Waals surface area contributed by atoms with E-state index >= 15 is 0 Å². The number of pyridine rings is 1. The molecule has 2 fully saturated rings. The van der Waals surface area contributed by atoms with E-state index in [0.717, 1.165) is 18.3 Å². The topological polar surface area (TPSA) is 77.3 Å². The largest absolute Gasteiger partial charge is 0.416 e. The van der Waals surface area contributed by atoms with Crippen LogP contribution in [0.4, 0.5) is 22.0 Å². The van der Waals surface area contributed by atoms with Crippen LogP contribution in [0.15, 0.2) is 83.5 Å². The number of allylic oxidation sites excluding steroid dienone is 1. The Morgan fingerprint density at radius 2 is 1.70 bits per heavy atom. The first-order valence-corrected chi connectivity index (χ1v) is 15.8. The number of carbonyl (C=O) groups excluding carboxylic acids is 1. The smallest absolute Gasteiger partial charge is 0.378 e. The van der Waals surface area contributed by atoms with E-state index in [0.29, 0.717) is 53.5 Å². The Balaban J connectivity index is 1.31. The van der Waals surface area contributed by atoms with Crippen LogP contribution in [0.25, 0.3) is 11.8 Å². The molecule has 3 aliphatic rings. The first-order valence-electron chi connectivity index (χ1n) is 14.7. The lowest BCUT2D eigenvalue weighted by Gasteiger charge is -2.49. The zero-order chi connectivity index (χ0) is 32.2. The Morgan fingerprint density at radius 1 is 1.00 bits per heavy atom. The quantitative estimate of drug-likeness (QED) is 0.172. The number of hydrogen-bond donors (Lipinski definition) is 0. The number of carbonyl (C=O) groups is 1. The first-order chi connectivity index (χ1) is 22.0. The zero-order valence-electron chi connectivity index (χ0n) is 24.2. The van der Waals surface area contributed by atoms with Gasteiger partial charge in [0.05, 0.1) is 52.7 Å². The third-order valence-electron chi connectivity index (χ3n) is 9.01. The normalized spacial score (nSPS) is 22.0. The molecule has 2 aromatic heterocycles. The van der Waals surface area contributed by atoms with Gasteiger partial charge in [-0.2, -0.15) is 18.3 Å². The van der Waals surface area contributed by atoms with Crippen LogP contribution in [0.1, 0.15) is 46.6 Å². The molecular formula is C33H27F5N4O3S. The fourth-order valence-electron chi connectivity index (χ4n) is 6.68. The maximum Gasteiger partial charge on any atom is 0.416 e. The van der Waals surface area contributed by atoms with Gasteiger partial charge < -0.3 is 4.74 Å². The highest BCUT2D eigenvalue weighted by Crippen LogP contribution is 2.52. The second kappa shape index (κ2) is 11.6. The lowest BCUT2D eigenvalue weighted by Crippen LogP contribution is -2.57. The van der Waals surface area contributed by atoms with Crippen molar-refractivity contribution in [3.05, 3.63) is 113 Å². The Labute approximate surface area is 263 Å². The molecule has 4 aromatic rings. The van der Waals surface area contributed by atoms with Crippen LogP contribution in [-0.4, -0.2) is 54.4 Å². The molecule has 2 aromatic carbocycles. The van der Waals surface area contributed by atoms with Gasteiger partial charge in [-0.05, 0) is 98.0 Å². The molecule has 0 N–H and O–H groups in total. The Morgan fingerprint density at radius 3 is 2.35 bits per heavy atom. The minimum Gasteiger partial charge on any atom is -0.378 e. The summed E-state index contributed by atoms with van der Waals surface area (Å²) >= 11 is 0. The number of ketones is 1. The molecule has 46 heavy (non-hydrogen) atoms. The molecule has 3 heterocycles. The van der Waals surface area contributed by atoms with Crippen LogP contribution in [-0.2, 0) is 28.3 Å². The summed E-state index contributed by atoms with van der Waals surface area (Å²) in [6.45, 7) is 0.633. The minimum absolute atomic E-state index is 0.126. The Bertz CT molecular complexity index is 1850. The summed E-state index contributed by atoms with van der Waals surface area (Å²) in [6.07, 6.45) is 0.934. The number of Topliss-reactive ketones (excluding diaryl/α,β-unsaturated/α-hetero) is 1. The number of alkyl halides is 3. The average Bonchev–Trinajstić information content (AvgIpc) is 3.43. The number of aromatic nitrogens is 3. The van der Waals surface area contributed by atoms with Gasteiger partial charge >= 0.3 is 6.18 Å².